The highest BCUT2D eigenvalue weighted by atomic mass is 16.5. The van der Waals surface area contributed by atoms with Crippen molar-refractivity contribution in [1.82, 2.24) is 5.32 Å². The largest absolute Gasteiger partial charge is 0.481 e. The smallest absolute Gasteiger partial charge is 0.305 e. The Labute approximate surface area is 107 Å². The van der Waals surface area contributed by atoms with Gasteiger partial charge < -0.3 is 15.2 Å². The Kier molecular flexibility index (Phi) is 9.62. The molecule has 0 radical (unpaired) electrons. The lowest BCUT2D eigenvalue weighted by Gasteiger charge is -2.04. The number of unbranched alkanes of at least 4 members (excludes halogenated alkanes) is 1. The number of carbonyl (C=O) groups is 3. The van der Waals surface area contributed by atoms with Crippen molar-refractivity contribution in [2.24, 2.45) is 0 Å². The Balaban J connectivity index is 3.37. The Morgan fingerprint density at radius 2 is 1.72 bits per heavy atom. The average molecular weight is 259 g/mol. The zero-order chi connectivity index (χ0) is 13.8. The summed E-state index contributed by atoms with van der Waals surface area (Å²) in [6.45, 7) is 2.56. The van der Waals surface area contributed by atoms with Crippen LogP contribution < -0.4 is 5.32 Å². The summed E-state index contributed by atoms with van der Waals surface area (Å²) in [7, 11) is 0. The number of carboxylic acids is 1. The molecule has 104 valence electrons. The molecule has 0 aliphatic heterocycles. The van der Waals surface area contributed by atoms with Gasteiger partial charge in [0.2, 0.25) is 5.91 Å². The van der Waals surface area contributed by atoms with E-state index < -0.39 is 5.97 Å². The van der Waals surface area contributed by atoms with Gasteiger partial charge in [0.25, 0.3) is 0 Å². The molecule has 0 aromatic heterocycles. The van der Waals surface area contributed by atoms with E-state index in [4.69, 9.17) is 9.84 Å². The van der Waals surface area contributed by atoms with Crippen molar-refractivity contribution in [3.63, 3.8) is 0 Å². The van der Waals surface area contributed by atoms with E-state index in [0.29, 0.717) is 45.3 Å². The van der Waals surface area contributed by atoms with Crippen molar-refractivity contribution in [2.45, 2.75) is 45.4 Å². The molecule has 18 heavy (non-hydrogen) atoms. The van der Waals surface area contributed by atoms with E-state index in [9.17, 15) is 14.4 Å². The van der Waals surface area contributed by atoms with E-state index in [0.717, 1.165) is 0 Å². The molecule has 0 rings (SSSR count). The Morgan fingerprint density at radius 3 is 2.33 bits per heavy atom. The van der Waals surface area contributed by atoms with Crippen LogP contribution in [0.2, 0.25) is 0 Å². The van der Waals surface area contributed by atoms with Gasteiger partial charge in [-0.25, -0.2) is 0 Å². The van der Waals surface area contributed by atoms with Crippen molar-refractivity contribution in [3.05, 3.63) is 0 Å². The number of hydrogen-bond donors (Lipinski definition) is 2. The van der Waals surface area contributed by atoms with E-state index in [1.54, 1.807) is 6.92 Å². The van der Waals surface area contributed by atoms with Crippen LogP contribution in [0.4, 0.5) is 0 Å². The molecule has 0 bridgehead atoms. The van der Waals surface area contributed by atoms with E-state index in [1.165, 1.54) is 0 Å². The van der Waals surface area contributed by atoms with Crippen molar-refractivity contribution < 1.29 is 24.2 Å². The molecule has 2 N–H and O–H groups in total. The second kappa shape index (κ2) is 10.6. The highest BCUT2D eigenvalue weighted by Gasteiger charge is 2.04. The summed E-state index contributed by atoms with van der Waals surface area (Å²) >= 11 is 0. The highest BCUT2D eigenvalue weighted by molar-refractivity contribution is 5.76. The summed E-state index contributed by atoms with van der Waals surface area (Å²) in [5.41, 5.74) is 0. The lowest BCUT2D eigenvalue weighted by molar-refractivity contribution is -0.143. The van der Waals surface area contributed by atoms with Crippen LogP contribution in [0.15, 0.2) is 0 Å². The van der Waals surface area contributed by atoms with Gasteiger partial charge in [-0.05, 0) is 26.2 Å². The fraction of sp³-hybridized carbons (Fsp3) is 0.750. The molecular formula is C12H21NO5. The first-order chi connectivity index (χ1) is 8.56. The summed E-state index contributed by atoms with van der Waals surface area (Å²) < 4.78 is 4.74. The Bertz CT molecular complexity index is 278. The van der Waals surface area contributed by atoms with Gasteiger partial charge >= 0.3 is 11.9 Å². The van der Waals surface area contributed by atoms with Gasteiger partial charge in [0.1, 0.15) is 0 Å². The van der Waals surface area contributed by atoms with Crippen LogP contribution in [-0.4, -0.2) is 36.1 Å². The first kappa shape index (κ1) is 16.4. The number of rotatable bonds is 10. The van der Waals surface area contributed by atoms with Gasteiger partial charge in [-0.1, -0.05) is 0 Å². The number of nitrogens with one attached hydrogen (secondary N) is 1. The van der Waals surface area contributed by atoms with Crippen LogP contribution in [0, 0.1) is 0 Å². The van der Waals surface area contributed by atoms with Gasteiger partial charge in [-0.2, -0.15) is 0 Å². The van der Waals surface area contributed by atoms with Crippen molar-refractivity contribution in [2.75, 3.05) is 13.2 Å². The number of amides is 1. The van der Waals surface area contributed by atoms with E-state index >= 15 is 0 Å². The van der Waals surface area contributed by atoms with Crippen LogP contribution in [0.3, 0.4) is 0 Å². The zero-order valence-electron chi connectivity index (χ0n) is 10.7. The molecule has 0 saturated carbocycles. The summed E-state index contributed by atoms with van der Waals surface area (Å²) in [4.78, 5) is 32.5. The standard InChI is InChI=1S/C12H21NO5/c1-2-18-12(17)8-5-9-13-10(14)6-3-4-7-11(15)16/h2-9H2,1H3,(H,13,14)(H,15,16). The highest BCUT2D eigenvalue weighted by Crippen LogP contribution is 1.99. The molecule has 6 heteroatoms. The first-order valence-corrected chi connectivity index (χ1v) is 6.20. The van der Waals surface area contributed by atoms with Crippen molar-refractivity contribution >= 4 is 17.8 Å². The van der Waals surface area contributed by atoms with E-state index in [2.05, 4.69) is 5.32 Å². The monoisotopic (exact) mass is 259 g/mol. The molecule has 0 saturated heterocycles. The number of carboxylic acid groups (broad SMARTS) is 1. The molecule has 0 fully saturated rings. The van der Waals surface area contributed by atoms with Crippen LogP contribution >= 0.6 is 0 Å². The summed E-state index contributed by atoms with van der Waals surface area (Å²) in [6, 6.07) is 0. The minimum atomic E-state index is -0.843. The van der Waals surface area contributed by atoms with Crippen molar-refractivity contribution in [3.8, 4) is 0 Å². The molecule has 0 heterocycles. The SMILES string of the molecule is CCOC(=O)CCCNC(=O)CCCCC(=O)O. The third-order valence-electron chi connectivity index (χ3n) is 2.23. The minimum Gasteiger partial charge on any atom is -0.481 e. The lowest BCUT2D eigenvalue weighted by atomic mass is 10.2. The second-order valence-electron chi connectivity index (χ2n) is 3.86. The third-order valence-corrected chi connectivity index (χ3v) is 2.23. The number of esters is 1. The van der Waals surface area contributed by atoms with Gasteiger partial charge in [0, 0.05) is 25.8 Å². The number of ether oxygens (including phenoxy) is 1. The predicted octanol–water partition coefficient (Wildman–Crippen LogP) is 1.09. The van der Waals surface area contributed by atoms with Crippen LogP contribution in [0.5, 0.6) is 0 Å². The second-order valence-corrected chi connectivity index (χ2v) is 3.86. The number of carbonyl (C=O) groups excluding carboxylic acids is 2. The molecule has 0 aliphatic carbocycles. The fourth-order valence-electron chi connectivity index (χ4n) is 1.34. The molecule has 0 spiro atoms. The Hall–Kier alpha value is -1.59. The zero-order valence-corrected chi connectivity index (χ0v) is 10.7. The summed E-state index contributed by atoms with van der Waals surface area (Å²) in [6.07, 6.45) is 2.34. The van der Waals surface area contributed by atoms with Crippen LogP contribution in [0.1, 0.15) is 45.4 Å². The van der Waals surface area contributed by atoms with Crippen LogP contribution in [-0.2, 0) is 19.1 Å². The molecule has 0 atom stereocenters. The van der Waals surface area contributed by atoms with Gasteiger partial charge in [0.15, 0.2) is 0 Å². The molecule has 0 aromatic rings. The maximum absolute atomic E-state index is 11.3. The molecule has 0 aromatic carbocycles. The van der Waals surface area contributed by atoms with E-state index in [1.807, 2.05) is 0 Å². The molecular weight excluding hydrogens is 238 g/mol. The first-order valence-electron chi connectivity index (χ1n) is 6.20. The maximum atomic E-state index is 11.3. The van der Waals surface area contributed by atoms with Crippen LogP contribution in [0.25, 0.3) is 0 Å². The van der Waals surface area contributed by atoms with Gasteiger partial charge in [0.05, 0.1) is 6.61 Å². The number of hydrogen-bond acceptors (Lipinski definition) is 4. The molecule has 0 aliphatic rings. The number of aliphatic carboxylic acids is 1. The summed E-state index contributed by atoms with van der Waals surface area (Å²) in [5.74, 6) is -1.21. The lowest BCUT2D eigenvalue weighted by Crippen LogP contribution is -2.24. The van der Waals surface area contributed by atoms with Gasteiger partial charge in [-0.3, -0.25) is 14.4 Å². The molecule has 0 unspecified atom stereocenters. The third kappa shape index (κ3) is 10.9. The van der Waals surface area contributed by atoms with Gasteiger partial charge in [-0.15, -0.1) is 0 Å². The van der Waals surface area contributed by atoms with E-state index in [-0.39, 0.29) is 18.3 Å². The Morgan fingerprint density at radius 1 is 1.06 bits per heavy atom. The minimum absolute atomic E-state index is 0.0934. The topological polar surface area (TPSA) is 92.7 Å². The normalized spacial score (nSPS) is 9.83. The average Bonchev–Trinajstić information content (AvgIpc) is 2.30. The quantitative estimate of drug-likeness (QED) is 0.452. The maximum Gasteiger partial charge on any atom is 0.305 e. The molecule has 6 nitrogen and oxygen atoms in total. The predicted molar refractivity (Wildman–Crippen MR) is 65.0 cm³/mol. The summed E-state index contributed by atoms with van der Waals surface area (Å²) in [5, 5.41) is 11.1. The fourth-order valence-corrected chi connectivity index (χ4v) is 1.34. The van der Waals surface area contributed by atoms with Crippen molar-refractivity contribution in [1.29, 1.82) is 0 Å². The molecule has 1 amide bonds.